The molecule has 3 heteroatoms. The molecule has 0 unspecified atom stereocenters. The molecule has 0 spiro atoms. The summed E-state index contributed by atoms with van der Waals surface area (Å²) in [6.45, 7) is 3.21. The number of hydrogen-bond donors (Lipinski definition) is 1. The predicted molar refractivity (Wildman–Crippen MR) is 66.0 cm³/mol. The van der Waals surface area contributed by atoms with Crippen LogP contribution in [0.25, 0.3) is 0 Å². The number of hydrogen-bond acceptors (Lipinski definition) is 2. The molecule has 1 heterocycles. The van der Waals surface area contributed by atoms with E-state index in [0.29, 0.717) is 0 Å². The fourth-order valence-electron chi connectivity index (χ4n) is 2.66. The smallest absolute Gasteiger partial charge is 0.0948 e. The fourth-order valence-corrected chi connectivity index (χ4v) is 2.66. The molecule has 0 aliphatic heterocycles. The number of rotatable bonds is 5. The third-order valence-electron chi connectivity index (χ3n) is 3.82. The van der Waals surface area contributed by atoms with Crippen molar-refractivity contribution < 1.29 is 0 Å². The lowest BCUT2D eigenvalue weighted by Crippen LogP contribution is -2.15. The Morgan fingerprint density at radius 2 is 2.25 bits per heavy atom. The van der Waals surface area contributed by atoms with Crippen LogP contribution in [-0.2, 0) is 6.54 Å². The number of aryl methyl sites for hydroxylation is 1. The van der Waals surface area contributed by atoms with Gasteiger partial charge in [0.15, 0.2) is 0 Å². The first kappa shape index (κ1) is 11.6. The third kappa shape index (κ3) is 2.64. The van der Waals surface area contributed by atoms with Crippen LogP contribution in [0.15, 0.2) is 12.5 Å². The molecule has 2 N–H and O–H groups in total. The van der Waals surface area contributed by atoms with Crippen LogP contribution < -0.4 is 5.73 Å². The minimum Gasteiger partial charge on any atom is -0.333 e. The molecule has 1 fully saturated rings. The summed E-state index contributed by atoms with van der Waals surface area (Å²) in [5.41, 5.74) is 7.26. The molecule has 1 atom stereocenters. The maximum atomic E-state index is 6.06. The van der Waals surface area contributed by atoms with Crippen molar-refractivity contribution >= 4 is 0 Å². The van der Waals surface area contributed by atoms with E-state index in [1.165, 1.54) is 37.8 Å². The van der Waals surface area contributed by atoms with Gasteiger partial charge in [-0.3, -0.25) is 0 Å². The van der Waals surface area contributed by atoms with Gasteiger partial charge in [0.25, 0.3) is 0 Å². The van der Waals surface area contributed by atoms with Gasteiger partial charge >= 0.3 is 0 Å². The van der Waals surface area contributed by atoms with Crippen molar-refractivity contribution in [3.05, 3.63) is 18.2 Å². The Hall–Kier alpha value is -0.830. The first-order valence-corrected chi connectivity index (χ1v) is 6.57. The van der Waals surface area contributed by atoms with Crippen LogP contribution in [0.5, 0.6) is 0 Å². The first-order chi connectivity index (χ1) is 7.81. The Labute approximate surface area is 98.1 Å². The van der Waals surface area contributed by atoms with Gasteiger partial charge in [0.2, 0.25) is 0 Å². The van der Waals surface area contributed by atoms with Crippen molar-refractivity contribution in [2.45, 2.75) is 58.0 Å². The lowest BCUT2D eigenvalue weighted by Gasteiger charge is -2.15. The first-order valence-electron chi connectivity index (χ1n) is 6.57. The summed E-state index contributed by atoms with van der Waals surface area (Å²) in [7, 11) is 0. The summed E-state index contributed by atoms with van der Waals surface area (Å²) in [6.07, 6.45) is 11.8. The summed E-state index contributed by atoms with van der Waals surface area (Å²) in [5, 5.41) is 0. The molecule has 16 heavy (non-hydrogen) atoms. The van der Waals surface area contributed by atoms with Crippen LogP contribution in [0, 0.1) is 5.92 Å². The van der Waals surface area contributed by atoms with Crippen molar-refractivity contribution in [3.63, 3.8) is 0 Å². The van der Waals surface area contributed by atoms with Gasteiger partial charge in [0, 0.05) is 18.8 Å². The van der Waals surface area contributed by atoms with Crippen LogP contribution >= 0.6 is 0 Å². The molecule has 1 aliphatic rings. The zero-order chi connectivity index (χ0) is 11.4. The van der Waals surface area contributed by atoms with E-state index in [4.69, 9.17) is 5.73 Å². The molecule has 0 radical (unpaired) electrons. The molecular weight excluding hydrogens is 198 g/mol. The summed E-state index contributed by atoms with van der Waals surface area (Å²) in [6, 6.07) is 0.145. The van der Waals surface area contributed by atoms with E-state index in [-0.39, 0.29) is 6.04 Å². The summed E-state index contributed by atoms with van der Waals surface area (Å²) < 4.78 is 2.24. The van der Waals surface area contributed by atoms with Gasteiger partial charge in [-0.15, -0.1) is 0 Å². The third-order valence-corrected chi connectivity index (χ3v) is 3.82. The second-order valence-electron chi connectivity index (χ2n) is 4.97. The van der Waals surface area contributed by atoms with Gasteiger partial charge in [0.1, 0.15) is 0 Å². The molecule has 1 aromatic heterocycles. The molecule has 3 nitrogen and oxygen atoms in total. The Morgan fingerprint density at radius 3 is 2.94 bits per heavy atom. The zero-order valence-electron chi connectivity index (χ0n) is 10.2. The van der Waals surface area contributed by atoms with Crippen LogP contribution in [0.2, 0.25) is 0 Å². The maximum Gasteiger partial charge on any atom is 0.0948 e. The van der Waals surface area contributed by atoms with Gasteiger partial charge < -0.3 is 10.3 Å². The lowest BCUT2D eigenvalue weighted by atomic mass is 10.0. The number of nitrogens with two attached hydrogens (primary N) is 1. The second kappa shape index (κ2) is 5.48. The van der Waals surface area contributed by atoms with Crippen molar-refractivity contribution in [1.82, 2.24) is 9.55 Å². The van der Waals surface area contributed by atoms with E-state index < -0.39 is 0 Å². The highest BCUT2D eigenvalue weighted by Crippen LogP contribution is 2.28. The highest BCUT2D eigenvalue weighted by atomic mass is 15.1. The van der Waals surface area contributed by atoms with Gasteiger partial charge in [-0.05, 0) is 18.8 Å². The maximum absolute atomic E-state index is 6.06. The number of nitrogens with zero attached hydrogens (tertiary/aromatic N) is 2. The van der Waals surface area contributed by atoms with E-state index in [0.717, 1.165) is 18.9 Å². The van der Waals surface area contributed by atoms with Crippen LogP contribution in [0.4, 0.5) is 0 Å². The summed E-state index contributed by atoms with van der Waals surface area (Å²) in [4.78, 5) is 4.22. The van der Waals surface area contributed by atoms with E-state index >= 15 is 0 Å². The predicted octanol–water partition coefficient (Wildman–Crippen LogP) is 2.87. The number of aromatic nitrogens is 2. The Balaban J connectivity index is 1.90. The molecular formula is C13H23N3. The quantitative estimate of drug-likeness (QED) is 0.831. The molecule has 2 rings (SSSR count). The fraction of sp³-hybridized carbons (Fsp3) is 0.769. The largest absolute Gasteiger partial charge is 0.333 e. The summed E-state index contributed by atoms with van der Waals surface area (Å²) in [5.74, 6) is 0.938. The highest BCUT2D eigenvalue weighted by molar-refractivity contribution is 5.04. The standard InChI is InChI=1S/C13H23N3/c1-2-12(14)13-9-15-10-16(13)8-7-11-5-3-4-6-11/h9-12H,2-8,14H2,1H3/t12-/m1/s1. The average Bonchev–Trinajstić information content (AvgIpc) is 2.96. The molecule has 1 aromatic rings. The van der Waals surface area contributed by atoms with Gasteiger partial charge in [-0.25, -0.2) is 4.98 Å². The van der Waals surface area contributed by atoms with Gasteiger partial charge in [0.05, 0.1) is 12.0 Å². The SMILES string of the molecule is CC[C@@H](N)c1cncn1CCC1CCCC1. The van der Waals surface area contributed by atoms with E-state index in [1.807, 2.05) is 12.5 Å². The van der Waals surface area contributed by atoms with E-state index in [1.54, 1.807) is 0 Å². The molecule has 1 aliphatic carbocycles. The monoisotopic (exact) mass is 221 g/mol. The normalized spacial score (nSPS) is 19.1. The second-order valence-corrected chi connectivity index (χ2v) is 4.97. The minimum atomic E-state index is 0.145. The molecule has 90 valence electrons. The highest BCUT2D eigenvalue weighted by Gasteiger charge is 2.16. The van der Waals surface area contributed by atoms with Gasteiger partial charge in [-0.1, -0.05) is 32.6 Å². The molecule has 0 bridgehead atoms. The molecule has 0 saturated heterocycles. The zero-order valence-corrected chi connectivity index (χ0v) is 10.2. The lowest BCUT2D eigenvalue weighted by molar-refractivity contribution is 0.446. The van der Waals surface area contributed by atoms with Crippen molar-refractivity contribution in [2.75, 3.05) is 0 Å². The minimum absolute atomic E-state index is 0.145. The topological polar surface area (TPSA) is 43.8 Å². The average molecular weight is 221 g/mol. The van der Waals surface area contributed by atoms with Crippen molar-refractivity contribution in [2.24, 2.45) is 11.7 Å². The van der Waals surface area contributed by atoms with E-state index in [2.05, 4.69) is 16.5 Å². The van der Waals surface area contributed by atoms with Crippen LogP contribution in [0.3, 0.4) is 0 Å². The van der Waals surface area contributed by atoms with Crippen LogP contribution in [0.1, 0.15) is 57.2 Å². The van der Waals surface area contributed by atoms with Gasteiger partial charge in [-0.2, -0.15) is 0 Å². The molecule has 0 aromatic carbocycles. The summed E-state index contributed by atoms with van der Waals surface area (Å²) >= 11 is 0. The van der Waals surface area contributed by atoms with Crippen LogP contribution in [-0.4, -0.2) is 9.55 Å². The van der Waals surface area contributed by atoms with E-state index in [9.17, 15) is 0 Å². The Kier molecular flexibility index (Phi) is 3.99. The number of imidazole rings is 1. The molecule has 0 amide bonds. The van der Waals surface area contributed by atoms with Crippen molar-refractivity contribution in [1.29, 1.82) is 0 Å². The Bertz CT molecular complexity index is 313. The Morgan fingerprint density at radius 1 is 1.50 bits per heavy atom. The van der Waals surface area contributed by atoms with Crippen molar-refractivity contribution in [3.8, 4) is 0 Å². The molecule has 1 saturated carbocycles.